The molecule has 7 rings (SSSR count). The standard InChI is InChI=1S/C32H33N2O.C12H10N.Ir/c1-18(2)22-10-8-11-23(19(3)4)30(22)28-15-14-25-24-12-9-13-26(31(24)35-32(25)34-28)29-16-27(20(5)6)21(7)17-33-29;1-10-7-8-12(13-9-10)11-5-3-2-4-6-11;/h8-12,14-20H,1-7H3;2-5,7-9H,1H3;/q2*-1;/i7D3,18D,19D,20D;1D3;. The number of rotatable bonds is 6. The topological polar surface area (TPSA) is 51.8 Å². The van der Waals surface area contributed by atoms with Gasteiger partial charge >= 0.3 is 0 Å². The summed E-state index contributed by atoms with van der Waals surface area (Å²) in [6, 6.07) is 31.8. The Labute approximate surface area is 317 Å². The van der Waals surface area contributed by atoms with Crippen molar-refractivity contribution in [3.63, 3.8) is 0 Å². The van der Waals surface area contributed by atoms with Crippen molar-refractivity contribution < 1.29 is 36.9 Å². The number of nitrogens with zero attached hydrogens (tertiary/aromatic N) is 3. The van der Waals surface area contributed by atoms with E-state index in [0.717, 1.165) is 38.7 Å². The molecule has 251 valence electrons. The molecular formula is C44H43IrN3O-2. The van der Waals surface area contributed by atoms with Gasteiger partial charge in [-0.25, -0.2) is 4.98 Å². The number of hydrogen-bond acceptors (Lipinski definition) is 4. The molecule has 0 N–H and O–H groups in total. The van der Waals surface area contributed by atoms with E-state index in [-0.39, 0.29) is 31.2 Å². The van der Waals surface area contributed by atoms with Crippen molar-refractivity contribution in [3.8, 4) is 33.8 Å². The fraction of sp³-hybridized carbons (Fsp3) is 0.250. The third-order valence-electron chi connectivity index (χ3n) is 8.14. The Bertz CT molecular complexity index is 2510. The van der Waals surface area contributed by atoms with Crippen molar-refractivity contribution in [2.24, 2.45) is 0 Å². The second-order valence-electron chi connectivity index (χ2n) is 12.3. The van der Waals surface area contributed by atoms with Gasteiger partial charge in [-0.3, -0.25) is 0 Å². The first kappa shape index (κ1) is 25.5. The van der Waals surface area contributed by atoms with Crippen molar-refractivity contribution >= 4 is 22.1 Å². The van der Waals surface area contributed by atoms with Gasteiger partial charge < -0.3 is 14.4 Å². The average molecular weight is 831 g/mol. The summed E-state index contributed by atoms with van der Waals surface area (Å²) in [5, 5.41) is 1.59. The van der Waals surface area contributed by atoms with Crippen molar-refractivity contribution in [2.45, 2.75) is 72.9 Å². The molecular weight excluding hydrogens is 779 g/mol. The van der Waals surface area contributed by atoms with Crippen molar-refractivity contribution in [1.29, 1.82) is 0 Å². The second-order valence-corrected chi connectivity index (χ2v) is 12.3. The van der Waals surface area contributed by atoms with E-state index in [4.69, 9.17) is 21.7 Å². The summed E-state index contributed by atoms with van der Waals surface area (Å²) < 4.78 is 78.0. The summed E-state index contributed by atoms with van der Waals surface area (Å²) in [4.78, 5) is 13.5. The third-order valence-corrected chi connectivity index (χ3v) is 8.14. The summed E-state index contributed by atoms with van der Waals surface area (Å²) in [6.45, 7) is 6.12. The number of benzene rings is 3. The minimum Gasteiger partial charge on any atom is -0.486 e. The van der Waals surface area contributed by atoms with Crippen LogP contribution in [-0.2, 0) is 20.1 Å². The van der Waals surface area contributed by atoms with Crippen LogP contribution in [0.4, 0.5) is 0 Å². The zero-order valence-electron chi connectivity index (χ0n) is 37.3. The van der Waals surface area contributed by atoms with Gasteiger partial charge in [0.1, 0.15) is 0 Å². The van der Waals surface area contributed by atoms with Crippen LogP contribution < -0.4 is 0 Å². The minimum atomic E-state index is -2.40. The summed E-state index contributed by atoms with van der Waals surface area (Å²) in [7, 11) is 0. The minimum absolute atomic E-state index is 0. The molecule has 4 nitrogen and oxygen atoms in total. The molecule has 49 heavy (non-hydrogen) atoms. The maximum Gasteiger partial charge on any atom is 0.216 e. The molecule has 0 unspecified atom stereocenters. The quantitative estimate of drug-likeness (QED) is 0.157. The molecule has 0 fully saturated rings. The first-order valence-electron chi connectivity index (χ1n) is 20.3. The molecule has 0 bridgehead atoms. The smallest absolute Gasteiger partial charge is 0.216 e. The second kappa shape index (κ2) is 15.4. The Morgan fingerprint density at radius 3 is 2.04 bits per heavy atom. The van der Waals surface area contributed by atoms with Gasteiger partial charge in [-0.1, -0.05) is 88.9 Å². The molecule has 4 heterocycles. The van der Waals surface area contributed by atoms with Crippen LogP contribution in [0, 0.1) is 25.8 Å². The van der Waals surface area contributed by atoms with Gasteiger partial charge in [0.05, 0.1) is 11.3 Å². The average Bonchev–Trinajstić information content (AvgIpc) is 3.51. The van der Waals surface area contributed by atoms with E-state index in [1.807, 2.05) is 82.3 Å². The van der Waals surface area contributed by atoms with Crippen LogP contribution in [0.3, 0.4) is 0 Å². The Morgan fingerprint density at radius 2 is 1.41 bits per heavy atom. The molecule has 0 atom stereocenters. The van der Waals surface area contributed by atoms with Crippen LogP contribution in [0.15, 0.2) is 102 Å². The van der Waals surface area contributed by atoms with E-state index in [1.165, 1.54) is 12.4 Å². The molecule has 4 aromatic heterocycles. The molecule has 0 saturated carbocycles. The van der Waals surface area contributed by atoms with Crippen molar-refractivity contribution in [2.75, 3.05) is 0 Å². The van der Waals surface area contributed by atoms with Gasteiger partial charge in [-0.2, -0.15) is 0 Å². The SMILES string of the molecule is [2H]C([2H])([2H])c1ccc(-c2[c-]cccc2)nc1.[2H]C([2H])([2H])c1cnc(-c2[c-]ccc3c2oc2nc(-c4c(C([2H])(C)C)cccc4C([2H])(C)C)ccc23)cc1C([2H])(C)C.[Ir]. The molecule has 0 saturated heterocycles. The maximum atomic E-state index is 8.78. The summed E-state index contributed by atoms with van der Waals surface area (Å²) in [6.07, 6.45) is 2.71. The van der Waals surface area contributed by atoms with E-state index >= 15 is 0 Å². The molecule has 5 heteroatoms. The van der Waals surface area contributed by atoms with Gasteiger partial charge in [-0.15, -0.1) is 54.1 Å². The Kier molecular flexibility index (Phi) is 8.02. The van der Waals surface area contributed by atoms with Gasteiger partial charge in [0.15, 0.2) is 0 Å². The van der Waals surface area contributed by atoms with Gasteiger partial charge in [-0.05, 0) is 82.7 Å². The van der Waals surface area contributed by atoms with E-state index in [1.54, 1.807) is 44.2 Å². The van der Waals surface area contributed by atoms with Crippen LogP contribution in [0.1, 0.15) is 99.4 Å². The number of pyridine rings is 3. The van der Waals surface area contributed by atoms with Crippen molar-refractivity contribution in [1.82, 2.24) is 15.0 Å². The Morgan fingerprint density at radius 1 is 0.673 bits per heavy atom. The molecule has 0 spiro atoms. The summed E-state index contributed by atoms with van der Waals surface area (Å²) in [5.74, 6) is -3.00. The zero-order chi connectivity index (χ0) is 41.7. The molecule has 0 aliphatic carbocycles. The fourth-order valence-corrected chi connectivity index (χ4v) is 5.72. The number of furan rings is 1. The van der Waals surface area contributed by atoms with E-state index in [2.05, 4.69) is 22.1 Å². The number of hydrogen-bond donors (Lipinski definition) is 0. The number of aromatic nitrogens is 3. The number of aryl methyl sites for hydroxylation is 2. The fourth-order valence-electron chi connectivity index (χ4n) is 5.72. The van der Waals surface area contributed by atoms with Crippen LogP contribution in [0.5, 0.6) is 0 Å². The van der Waals surface area contributed by atoms with E-state index in [9.17, 15) is 0 Å². The van der Waals surface area contributed by atoms with E-state index < -0.39 is 31.4 Å². The van der Waals surface area contributed by atoms with Gasteiger partial charge in [0.25, 0.3) is 0 Å². The number of fused-ring (bicyclic) bond motifs is 3. The first-order chi connectivity index (χ1) is 26.4. The zero-order valence-corrected chi connectivity index (χ0v) is 30.7. The molecule has 3 aromatic carbocycles. The van der Waals surface area contributed by atoms with Crippen LogP contribution in [0.2, 0.25) is 0 Å². The molecule has 0 aliphatic rings. The molecule has 0 amide bonds. The largest absolute Gasteiger partial charge is 0.486 e. The van der Waals surface area contributed by atoms with Gasteiger partial charge in [0, 0.05) is 55.8 Å². The van der Waals surface area contributed by atoms with E-state index in [0.29, 0.717) is 33.8 Å². The van der Waals surface area contributed by atoms with Crippen LogP contribution in [0.25, 0.3) is 55.8 Å². The Balaban J connectivity index is 0.000000315. The van der Waals surface area contributed by atoms with Gasteiger partial charge in [0.2, 0.25) is 5.71 Å². The normalized spacial score (nSPS) is 15.1. The summed E-state index contributed by atoms with van der Waals surface area (Å²) in [5.41, 5.74) is 7.09. The molecule has 7 aromatic rings. The third kappa shape index (κ3) is 7.59. The monoisotopic (exact) mass is 831 g/mol. The predicted molar refractivity (Wildman–Crippen MR) is 199 cm³/mol. The summed E-state index contributed by atoms with van der Waals surface area (Å²) >= 11 is 0. The van der Waals surface area contributed by atoms with Crippen LogP contribution in [-0.4, -0.2) is 15.0 Å². The predicted octanol–water partition coefficient (Wildman–Crippen LogP) is 12.0. The molecule has 0 aliphatic heterocycles. The van der Waals surface area contributed by atoms with Crippen LogP contribution >= 0.6 is 0 Å². The Hall–Kier alpha value is -4.44. The first-order valence-corrected chi connectivity index (χ1v) is 15.8. The van der Waals surface area contributed by atoms with Crippen molar-refractivity contribution in [3.05, 3.63) is 137 Å². The maximum absolute atomic E-state index is 8.78. The molecule has 1 radical (unpaired) electrons.